The topological polar surface area (TPSA) is 58.3 Å². The Hall–Kier alpha value is -5.68. The monoisotopic (exact) mass is 584 g/mol. The lowest BCUT2D eigenvalue weighted by Crippen LogP contribution is -2.33. The molecule has 0 saturated carbocycles. The highest BCUT2D eigenvalue weighted by atomic mass is 16.3. The van der Waals surface area contributed by atoms with E-state index in [1.807, 2.05) is 84.9 Å². The number of hydrogen-bond donors (Lipinski definition) is 2. The van der Waals surface area contributed by atoms with Crippen LogP contribution in [0.3, 0.4) is 0 Å². The van der Waals surface area contributed by atoms with E-state index < -0.39 is 5.75 Å². The molecule has 0 aliphatic heterocycles. The molecule has 7 aromatic carbocycles. The predicted octanol–water partition coefficient (Wildman–Crippen LogP) is 6.13. The van der Waals surface area contributed by atoms with Gasteiger partial charge in [-0.1, -0.05) is 120 Å². The maximum atomic E-state index is 11.3. The minimum Gasteiger partial charge on any atom is -0.509 e. The molecule has 7 heteroatoms. The number of aromatic nitrogens is 2. The summed E-state index contributed by atoms with van der Waals surface area (Å²) < 4.78 is 2.22. The van der Waals surface area contributed by atoms with Crippen molar-refractivity contribution in [3.05, 3.63) is 127 Å². The molecule has 8 aromatic rings. The van der Waals surface area contributed by atoms with Crippen LogP contribution >= 0.6 is 0 Å². The van der Waals surface area contributed by atoms with E-state index in [1.54, 1.807) is 0 Å². The molecule has 6 radical (unpaired) electrons. The van der Waals surface area contributed by atoms with Crippen LogP contribution in [0.5, 0.6) is 11.5 Å². The van der Waals surface area contributed by atoms with Gasteiger partial charge < -0.3 is 10.2 Å². The molecule has 1 heterocycles. The van der Waals surface area contributed by atoms with Crippen molar-refractivity contribution in [2.45, 2.75) is 0 Å². The lowest BCUT2D eigenvalue weighted by atomic mass is 9.70. The molecule has 0 saturated heterocycles. The number of rotatable bonds is 4. The van der Waals surface area contributed by atoms with Crippen LogP contribution in [0.15, 0.2) is 127 Å². The highest BCUT2D eigenvalue weighted by Gasteiger charge is 2.24. The van der Waals surface area contributed by atoms with Crippen molar-refractivity contribution in [1.29, 1.82) is 0 Å². The third-order valence-corrected chi connectivity index (χ3v) is 8.75. The smallest absolute Gasteiger partial charge is 0.145 e. The lowest BCUT2D eigenvalue weighted by Gasteiger charge is -2.23. The first-order valence-corrected chi connectivity index (χ1v) is 14.9. The largest absolute Gasteiger partial charge is 0.509 e. The Balaban J connectivity index is 1.52. The Labute approximate surface area is 269 Å². The SMILES string of the molecule is [B]c1c([B])c(-c2c3ccccc3c(-c3ccccc3-n3c(-c4ccccc4)nc4ccccc43)c3ccccc23)c(O)c([B])c1O. The molecule has 0 fully saturated rings. The summed E-state index contributed by atoms with van der Waals surface area (Å²) in [5.41, 5.74) is 6.62. The summed E-state index contributed by atoms with van der Waals surface area (Å²) >= 11 is 0. The fraction of sp³-hybridized carbons (Fsp3) is 0. The van der Waals surface area contributed by atoms with Crippen molar-refractivity contribution < 1.29 is 10.2 Å². The van der Waals surface area contributed by atoms with Gasteiger partial charge in [0.2, 0.25) is 0 Å². The van der Waals surface area contributed by atoms with Crippen molar-refractivity contribution in [1.82, 2.24) is 9.55 Å². The van der Waals surface area contributed by atoms with Gasteiger partial charge >= 0.3 is 0 Å². The molecule has 210 valence electrons. The zero-order valence-corrected chi connectivity index (χ0v) is 24.6. The summed E-state index contributed by atoms with van der Waals surface area (Å²) in [5.74, 6) is 0.0944. The summed E-state index contributed by atoms with van der Waals surface area (Å²) in [5, 5.41) is 25.4. The van der Waals surface area contributed by atoms with Gasteiger partial charge in [0.25, 0.3) is 0 Å². The minimum absolute atomic E-state index is 0.0602. The average molecular weight is 584 g/mol. The second kappa shape index (κ2) is 10.7. The molecule has 0 atom stereocenters. The number of phenols is 2. The van der Waals surface area contributed by atoms with Gasteiger partial charge in [0.15, 0.2) is 0 Å². The normalized spacial score (nSPS) is 11.5. The maximum absolute atomic E-state index is 11.3. The van der Waals surface area contributed by atoms with Crippen LogP contribution in [0, 0.1) is 0 Å². The number of phenolic OH excluding ortho intramolecular Hbond substituents is 2. The van der Waals surface area contributed by atoms with Crippen molar-refractivity contribution in [3.63, 3.8) is 0 Å². The molecule has 0 amide bonds. The van der Waals surface area contributed by atoms with E-state index >= 15 is 0 Å². The van der Waals surface area contributed by atoms with Crippen LogP contribution in [-0.2, 0) is 0 Å². The zero-order valence-electron chi connectivity index (χ0n) is 24.6. The third-order valence-electron chi connectivity index (χ3n) is 8.75. The number of fused-ring (bicyclic) bond motifs is 3. The van der Waals surface area contributed by atoms with Crippen LogP contribution in [0.25, 0.3) is 71.9 Å². The van der Waals surface area contributed by atoms with E-state index in [9.17, 15) is 10.2 Å². The van der Waals surface area contributed by atoms with Crippen LogP contribution in [0.2, 0.25) is 0 Å². The van der Waals surface area contributed by atoms with Crippen molar-refractivity contribution >= 4 is 72.5 Å². The fourth-order valence-corrected chi connectivity index (χ4v) is 6.65. The lowest BCUT2D eigenvalue weighted by molar-refractivity contribution is 0.463. The van der Waals surface area contributed by atoms with Gasteiger partial charge in [-0.2, -0.15) is 0 Å². The summed E-state index contributed by atoms with van der Waals surface area (Å²) in [7, 11) is 18.9. The first-order chi connectivity index (χ1) is 22.5. The highest BCUT2D eigenvalue weighted by molar-refractivity contribution is 6.55. The zero-order chi connectivity index (χ0) is 31.5. The Morgan fingerprint density at radius 3 is 1.70 bits per heavy atom. The summed E-state index contributed by atoms with van der Waals surface area (Å²) in [6.45, 7) is 0. The van der Waals surface area contributed by atoms with E-state index in [0.717, 1.165) is 60.8 Å². The van der Waals surface area contributed by atoms with Gasteiger partial charge in [-0.25, -0.2) is 4.98 Å². The van der Waals surface area contributed by atoms with Gasteiger partial charge in [0, 0.05) is 22.3 Å². The van der Waals surface area contributed by atoms with E-state index in [1.165, 1.54) is 0 Å². The van der Waals surface area contributed by atoms with Crippen molar-refractivity contribution in [2.24, 2.45) is 0 Å². The number of aromatic hydroxyl groups is 2. The molecule has 0 aliphatic carbocycles. The number of para-hydroxylation sites is 3. The molecule has 1 aromatic heterocycles. The molecular weight excluding hydrogens is 561 g/mol. The number of nitrogens with zero attached hydrogens (tertiary/aromatic N) is 2. The summed E-state index contributed by atoms with van der Waals surface area (Å²) in [6.07, 6.45) is 0. The molecule has 0 spiro atoms. The van der Waals surface area contributed by atoms with Crippen LogP contribution in [0.1, 0.15) is 0 Å². The Morgan fingerprint density at radius 2 is 1.02 bits per heavy atom. The van der Waals surface area contributed by atoms with Crippen molar-refractivity contribution in [3.8, 4) is 50.8 Å². The second-order valence-electron chi connectivity index (χ2n) is 11.3. The van der Waals surface area contributed by atoms with Crippen LogP contribution in [0.4, 0.5) is 0 Å². The molecule has 46 heavy (non-hydrogen) atoms. The van der Waals surface area contributed by atoms with Crippen molar-refractivity contribution in [2.75, 3.05) is 0 Å². The Morgan fingerprint density at radius 1 is 0.478 bits per heavy atom. The summed E-state index contributed by atoms with van der Waals surface area (Å²) in [6, 6.07) is 42.8. The second-order valence-corrected chi connectivity index (χ2v) is 11.3. The first kappa shape index (κ1) is 27.8. The van der Waals surface area contributed by atoms with E-state index in [0.29, 0.717) is 5.56 Å². The quantitative estimate of drug-likeness (QED) is 0.194. The first-order valence-electron chi connectivity index (χ1n) is 14.9. The average Bonchev–Trinajstić information content (AvgIpc) is 3.50. The van der Waals surface area contributed by atoms with Gasteiger partial charge in [0.05, 0.1) is 16.7 Å². The van der Waals surface area contributed by atoms with E-state index in [4.69, 9.17) is 28.5 Å². The Kier molecular flexibility index (Phi) is 6.50. The van der Waals surface area contributed by atoms with Gasteiger partial charge in [0.1, 0.15) is 40.9 Å². The molecular formula is C39H23B3N2O2. The number of benzene rings is 7. The number of imidazole rings is 1. The highest BCUT2D eigenvalue weighted by Crippen LogP contribution is 2.46. The standard InChI is InChI=1S/C39H23B3N2O2/c40-34-33(37(45)36(42)38(46)35(34)41)32-25-16-6-4-14-23(25)31(24-15-5-7-17-26(24)32)27-18-8-10-20-29(27)44-30-21-11-9-19-28(30)43-39(44)22-12-2-1-3-13-22/h1-21,45-46H. The molecule has 0 bridgehead atoms. The molecule has 0 aliphatic rings. The van der Waals surface area contributed by atoms with Crippen LogP contribution < -0.4 is 16.4 Å². The minimum atomic E-state index is -0.431. The Bertz CT molecular complexity index is 2400. The predicted molar refractivity (Wildman–Crippen MR) is 192 cm³/mol. The van der Waals surface area contributed by atoms with Gasteiger partial charge in [-0.05, 0) is 50.8 Å². The molecule has 8 rings (SSSR count). The fourth-order valence-electron chi connectivity index (χ4n) is 6.65. The molecule has 4 nitrogen and oxygen atoms in total. The van der Waals surface area contributed by atoms with Crippen LogP contribution in [-0.4, -0.2) is 43.3 Å². The maximum Gasteiger partial charge on any atom is 0.145 e. The van der Waals surface area contributed by atoms with E-state index in [2.05, 4.69) is 47.0 Å². The van der Waals surface area contributed by atoms with Gasteiger partial charge in [-0.3, -0.25) is 4.57 Å². The summed E-state index contributed by atoms with van der Waals surface area (Å²) in [4.78, 5) is 5.09. The van der Waals surface area contributed by atoms with E-state index in [-0.39, 0.29) is 27.7 Å². The molecule has 0 unspecified atom stereocenters. The number of hydrogen-bond acceptors (Lipinski definition) is 3. The third kappa shape index (κ3) is 4.09. The van der Waals surface area contributed by atoms with Gasteiger partial charge in [-0.15, -0.1) is 0 Å². The molecule has 2 N–H and O–H groups in total.